The molecule has 0 radical (unpaired) electrons. The van der Waals surface area contributed by atoms with Gasteiger partial charge in [-0.3, -0.25) is 4.79 Å². The van der Waals surface area contributed by atoms with Crippen LogP contribution in [-0.2, 0) is 4.79 Å². The van der Waals surface area contributed by atoms with Gasteiger partial charge in [-0.05, 0) is 43.4 Å². The highest BCUT2D eigenvalue weighted by Crippen LogP contribution is 2.48. The molecule has 0 aromatic carbocycles. The number of hydrogen-bond acceptors (Lipinski definition) is 2. The number of likely N-dealkylation sites (tertiary alicyclic amines) is 1. The first-order valence-corrected chi connectivity index (χ1v) is 7.77. The van der Waals surface area contributed by atoms with Gasteiger partial charge in [-0.1, -0.05) is 33.0 Å². The van der Waals surface area contributed by atoms with Crippen LogP contribution in [0.5, 0.6) is 0 Å². The Kier molecular flexibility index (Phi) is 3.92. The highest BCUT2D eigenvalue weighted by molar-refractivity contribution is 7.80. The summed E-state index contributed by atoms with van der Waals surface area (Å²) in [5.74, 6) is 0.889. The maximum atomic E-state index is 12.6. The zero-order chi connectivity index (χ0) is 14.3. The summed E-state index contributed by atoms with van der Waals surface area (Å²) >= 11 is 5.09. The van der Waals surface area contributed by atoms with E-state index in [0.717, 1.165) is 38.8 Å². The Balaban J connectivity index is 2.00. The van der Waals surface area contributed by atoms with E-state index in [2.05, 4.69) is 20.8 Å². The lowest BCUT2D eigenvalue weighted by atomic mass is 9.77. The van der Waals surface area contributed by atoms with E-state index in [-0.39, 0.29) is 5.91 Å². The Hall–Kier alpha value is -0.640. The van der Waals surface area contributed by atoms with E-state index in [1.807, 2.05) is 4.90 Å². The molecule has 2 fully saturated rings. The molecule has 2 N–H and O–H groups in total. The largest absolute Gasteiger partial charge is 0.392 e. The second-order valence-corrected chi connectivity index (χ2v) is 7.67. The van der Waals surface area contributed by atoms with Gasteiger partial charge in [0.15, 0.2) is 0 Å². The fourth-order valence-corrected chi connectivity index (χ4v) is 3.45. The van der Waals surface area contributed by atoms with Gasteiger partial charge in [0.05, 0.1) is 10.4 Å². The molecule has 1 saturated heterocycles. The average molecular weight is 282 g/mol. The van der Waals surface area contributed by atoms with Crippen LogP contribution in [0, 0.1) is 16.7 Å². The van der Waals surface area contributed by atoms with E-state index in [1.165, 1.54) is 6.42 Å². The quantitative estimate of drug-likeness (QED) is 0.792. The highest BCUT2D eigenvalue weighted by atomic mass is 32.1. The third kappa shape index (κ3) is 2.93. The molecule has 0 aromatic heterocycles. The molecule has 1 amide bonds. The Labute approximate surface area is 121 Å². The minimum atomic E-state index is -0.475. The highest BCUT2D eigenvalue weighted by Gasteiger charge is 2.54. The maximum absolute atomic E-state index is 12.6. The number of hydrogen-bond donors (Lipinski definition) is 1. The van der Waals surface area contributed by atoms with Crippen molar-refractivity contribution in [2.24, 2.45) is 22.5 Å². The first kappa shape index (κ1) is 14.8. The third-order valence-electron chi connectivity index (χ3n) is 4.87. The van der Waals surface area contributed by atoms with Crippen molar-refractivity contribution in [1.29, 1.82) is 0 Å². The molecule has 1 heterocycles. The van der Waals surface area contributed by atoms with Crippen LogP contribution in [-0.4, -0.2) is 28.9 Å². The zero-order valence-electron chi connectivity index (χ0n) is 12.4. The number of carbonyl (C=O) groups is 1. The lowest BCUT2D eigenvalue weighted by Crippen LogP contribution is -2.43. The molecule has 108 valence electrons. The summed E-state index contributed by atoms with van der Waals surface area (Å²) in [4.78, 5) is 15.0. The fraction of sp³-hybridized carbons (Fsp3) is 0.867. The molecular weight excluding hydrogens is 256 g/mol. The van der Waals surface area contributed by atoms with Crippen LogP contribution in [0.4, 0.5) is 0 Å². The minimum Gasteiger partial charge on any atom is -0.392 e. The molecule has 0 aromatic rings. The van der Waals surface area contributed by atoms with Crippen LogP contribution in [0.3, 0.4) is 0 Å². The first-order chi connectivity index (χ1) is 8.77. The van der Waals surface area contributed by atoms with Crippen molar-refractivity contribution in [3.05, 3.63) is 0 Å². The van der Waals surface area contributed by atoms with Gasteiger partial charge in [-0.2, -0.15) is 0 Å². The van der Waals surface area contributed by atoms with Crippen molar-refractivity contribution < 1.29 is 4.79 Å². The summed E-state index contributed by atoms with van der Waals surface area (Å²) < 4.78 is 0. The Bertz CT molecular complexity index is 382. The summed E-state index contributed by atoms with van der Waals surface area (Å²) in [6, 6.07) is 0. The van der Waals surface area contributed by atoms with Gasteiger partial charge >= 0.3 is 0 Å². The van der Waals surface area contributed by atoms with Crippen molar-refractivity contribution in [2.75, 3.05) is 13.1 Å². The summed E-state index contributed by atoms with van der Waals surface area (Å²) in [6.45, 7) is 8.63. The normalized spacial score (nSPS) is 26.7. The summed E-state index contributed by atoms with van der Waals surface area (Å²) in [5.41, 5.74) is 5.62. The second kappa shape index (κ2) is 5.04. The summed E-state index contributed by atoms with van der Waals surface area (Å²) in [6.07, 6.45) is 5.11. The predicted octanol–water partition coefficient (Wildman–Crippen LogP) is 2.73. The Morgan fingerprint density at radius 1 is 1.26 bits per heavy atom. The molecule has 1 saturated carbocycles. The number of carbonyl (C=O) groups excluding carboxylic acids is 1. The van der Waals surface area contributed by atoms with Crippen molar-refractivity contribution in [2.45, 2.75) is 52.9 Å². The lowest BCUT2D eigenvalue weighted by Gasteiger charge is -2.30. The van der Waals surface area contributed by atoms with Gasteiger partial charge < -0.3 is 10.6 Å². The van der Waals surface area contributed by atoms with Crippen LogP contribution in [0.1, 0.15) is 52.9 Å². The van der Waals surface area contributed by atoms with E-state index < -0.39 is 5.41 Å². The standard InChI is InChI=1S/C15H26N2OS/c1-14(2,3)11-5-4-9-17(10-6-11)13(18)15(7-8-15)12(16)19/h11H,4-10H2,1-3H3,(H2,16,19). The summed E-state index contributed by atoms with van der Waals surface area (Å²) in [5, 5.41) is 0. The monoisotopic (exact) mass is 282 g/mol. The van der Waals surface area contributed by atoms with Gasteiger partial charge in [0.2, 0.25) is 5.91 Å². The smallest absolute Gasteiger partial charge is 0.235 e. The van der Waals surface area contributed by atoms with Crippen molar-refractivity contribution in [3.63, 3.8) is 0 Å². The molecule has 19 heavy (non-hydrogen) atoms. The van der Waals surface area contributed by atoms with E-state index in [0.29, 0.717) is 16.3 Å². The lowest BCUT2D eigenvalue weighted by molar-refractivity contribution is -0.134. The van der Waals surface area contributed by atoms with E-state index in [4.69, 9.17) is 18.0 Å². The van der Waals surface area contributed by atoms with Crippen LogP contribution >= 0.6 is 12.2 Å². The van der Waals surface area contributed by atoms with Gasteiger partial charge in [0, 0.05) is 13.1 Å². The second-order valence-electron chi connectivity index (χ2n) is 7.23. The molecule has 0 bridgehead atoms. The van der Waals surface area contributed by atoms with E-state index in [1.54, 1.807) is 0 Å². The Morgan fingerprint density at radius 3 is 2.37 bits per heavy atom. The molecule has 3 nitrogen and oxygen atoms in total. The molecule has 4 heteroatoms. The fourth-order valence-electron chi connectivity index (χ4n) is 3.16. The molecule has 2 aliphatic rings. The SMILES string of the molecule is CC(C)(C)C1CCCN(C(=O)C2(C(N)=S)CC2)CC1. The number of amides is 1. The van der Waals surface area contributed by atoms with Crippen LogP contribution in [0.25, 0.3) is 0 Å². The van der Waals surface area contributed by atoms with Crippen molar-refractivity contribution >= 4 is 23.1 Å². The molecule has 1 unspecified atom stereocenters. The van der Waals surface area contributed by atoms with Gasteiger partial charge in [-0.15, -0.1) is 0 Å². The molecule has 2 rings (SSSR count). The predicted molar refractivity (Wildman–Crippen MR) is 81.8 cm³/mol. The minimum absolute atomic E-state index is 0.189. The Morgan fingerprint density at radius 2 is 1.89 bits per heavy atom. The molecule has 1 aliphatic heterocycles. The molecule has 0 spiro atoms. The number of nitrogens with zero attached hydrogens (tertiary/aromatic N) is 1. The van der Waals surface area contributed by atoms with Gasteiger partial charge in [0.25, 0.3) is 0 Å². The maximum Gasteiger partial charge on any atom is 0.235 e. The average Bonchev–Trinajstić information content (AvgIpc) is 3.12. The van der Waals surface area contributed by atoms with Crippen molar-refractivity contribution in [3.8, 4) is 0 Å². The first-order valence-electron chi connectivity index (χ1n) is 7.37. The number of nitrogens with two attached hydrogens (primary N) is 1. The van der Waals surface area contributed by atoms with Crippen molar-refractivity contribution in [1.82, 2.24) is 4.90 Å². The third-order valence-corrected chi connectivity index (χ3v) is 5.26. The number of thiocarbonyl (C=S) groups is 1. The topological polar surface area (TPSA) is 46.3 Å². The zero-order valence-corrected chi connectivity index (χ0v) is 13.2. The van der Waals surface area contributed by atoms with Gasteiger partial charge in [-0.25, -0.2) is 0 Å². The summed E-state index contributed by atoms with van der Waals surface area (Å²) in [7, 11) is 0. The van der Waals surface area contributed by atoms with Crippen LogP contribution < -0.4 is 5.73 Å². The van der Waals surface area contributed by atoms with E-state index in [9.17, 15) is 4.79 Å². The molecule has 1 aliphatic carbocycles. The van der Waals surface area contributed by atoms with Crippen LogP contribution in [0.2, 0.25) is 0 Å². The van der Waals surface area contributed by atoms with Gasteiger partial charge in [0.1, 0.15) is 0 Å². The number of rotatable bonds is 2. The van der Waals surface area contributed by atoms with Crippen LogP contribution in [0.15, 0.2) is 0 Å². The molecule has 1 atom stereocenters. The van der Waals surface area contributed by atoms with E-state index >= 15 is 0 Å². The molecular formula is C15H26N2OS.